The van der Waals surface area contributed by atoms with Gasteiger partial charge in [0, 0.05) is 12.6 Å². The second-order valence-corrected chi connectivity index (χ2v) is 4.66. The third-order valence-corrected chi connectivity index (χ3v) is 3.53. The quantitative estimate of drug-likeness (QED) is 0.602. The third-order valence-electron chi connectivity index (χ3n) is 3.53. The summed E-state index contributed by atoms with van der Waals surface area (Å²) in [5.41, 5.74) is 0.548. The fourth-order valence-corrected chi connectivity index (χ4v) is 2.32. The molecular formula is C12H23N. The van der Waals surface area contributed by atoms with Gasteiger partial charge in [0.2, 0.25) is 0 Å². The number of likely N-dealkylation sites (tertiary alicyclic amines) is 1. The number of hydrogen-bond acceptors (Lipinski definition) is 1. The molecule has 1 heteroatoms. The molecule has 0 aliphatic carbocycles. The summed E-state index contributed by atoms with van der Waals surface area (Å²) < 4.78 is 0. The highest BCUT2D eigenvalue weighted by molar-refractivity contribution is 4.94. The highest BCUT2D eigenvalue weighted by atomic mass is 15.2. The molecule has 1 rings (SSSR count). The van der Waals surface area contributed by atoms with E-state index < -0.39 is 0 Å². The van der Waals surface area contributed by atoms with Crippen LogP contribution >= 0.6 is 0 Å². The minimum Gasteiger partial charge on any atom is -0.300 e. The van der Waals surface area contributed by atoms with E-state index in [0.717, 1.165) is 0 Å². The van der Waals surface area contributed by atoms with Crippen molar-refractivity contribution >= 4 is 0 Å². The summed E-state index contributed by atoms with van der Waals surface area (Å²) in [6.45, 7) is 13.3. The van der Waals surface area contributed by atoms with E-state index >= 15 is 0 Å². The molecule has 1 nitrogen and oxygen atoms in total. The summed E-state index contributed by atoms with van der Waals surface area (Å²) in [6.07, 6.45) is 5.93. The van der Waals surface area contributed by atoms with Gasteiger partial charge in [0.15, 0.2) is 0 Å². The lowest BCUT2D eigenvalue weighted by atomic mass is 9.81. The Labute approximate surface area is 82.8 Å². The topological polar surface area (TPSA) is 3.24 Å². The molecule has 1 unspecified atom stereocenters. The van der Waals surface area contributed by atoms with E-state index in [-0.39, 0.29) is 0 Å². The molecule has 0 radical (unpaired) electrons. The van der Waals surface area contributed by atoms with Crippen molar-refractivity contribution in [3.63, 3.8) is 0 Å². The molecule has 1 heterocycles. The van der Waals surface area contributed by atoms with Crippen LogP contribution in [0.2, 0.25) is 0 Å². The Kier molecular flexibility index (Phi) is 3.55. The molecule has 0 saturated carbocycles. The summed E-state index contributed by atoms with van der Waals surface area (Å²) in [5.74, 6) is 0. The van der Waals surface area contributed by atoms with Crippen LogP contribution in [0.25, 0.3) is 0 Å². The highest BCUT2D eigenvalue weighted by Crippen LogP contribution is 2.38. The molecule has 1 aliphatic rings. The van der Waals surface area contributed by atoms with Gasteiger partial charge >= 0.3 is 0 Å². The van der Waals surface area contributed by atoms with Gasteiger partial charge in [-0.3, -0.25) is 0 Å². The molecule has 0 aromatic carbocycles. The molecule has 0 aromatic rings. The van der Waals surface area contributed by atoms with Gasteiger partial charge in [0.1, 0.15) is 0 Å². The van der Waals surface area contributed by atoms with Crippen LogP contribution in [0, 0.1) is 5.41 Å². The summed E-state index contributed by atoms with van der Waals surface area (Å²) >= 11 is 0. The molecular weight excluding hydrogens is 158 g/mol. The number of rotatable bonds is 4. The Morgan fingerprint density at radius 1 is 1.54 bits per heavy atom. The van der Waals surface area contributed by atoms with Crippen molar-refractivity contribution in [2.75, 3.05) is 13.1 Å². The van der Waals surface area contributed by atoms with Gasteiger partial charge in [0.25, 0.3) is 0 Å². The molecule has 13 heavy (non-hydrogen) atoms. The number of allylic oxidation sites excluding steroid dienone is 1. The Hall–Kier alpha value is -0.300. The van der Waals surface area contributed by atoms with Crippen LogP contribution in [-0.4, -0.2) is 24.0 Å². The molecule has 0 aromatic heterocycles. The van der Waals surface area contributed by atoms with Crippen molar-refractivity contribution in [2.24, 2.45) is 5.41 Å². The monoisotopic (exact) mass is 181 g/mol. The second-order valence-electron chi connectivity index (χ2n) is 4.66. The van der Waals surface area contributed by atoms with Crippen LogP contribution in [0.15, 0.2) is 12.7 Å². The van der Waals surface area contributed by atoms with Crippen molar-refractivity contribution in [3.8, 4) is 0 Å². The van der Waals surface area contributed by atoms with Gasteiger partial charge < -0.3 is 4.90 Å². The number of hydrogen-bond donors (Lipinski definition) is 0. The molecule has 76 valence electrons. The molecule has 1 aliphatic heterocycles. The zero-order valence-corrected chi connectivity index (χ0v) is 9.34. The maximum Gasteiger partial charge on any atom is 0.00440 e. The van der Waals surface area contributed by atoms with E-state index in [9.17, 15) is 0 Å². The predicted octanol–water partition coefficient (Wildman–Crippen LogP) is 3.07. The third kappa shape index (κ3) is 2.34. The maximum absolute atomic E-state index is 3.87. The average molecular weight is 181 g/mol. The molecule has 0 spiro atoms. The fraction of sp³-hybridized carbons (Fsp3) is 0.833. The van der Waals surface area contributed by atoms with Gasteiger partial charge in [-0.2, -0.15) is 0 Å². The highest BCUT2D eigenvalue weighted by Gasteiger charge is 2.35. The zero-order valence-electron chi connectivity index (χ0n) is 9.34. The van der Waals surface area contributed by atoms with Crippen LogP contribution in [0.3, 0.4) is 0 Å². The van der Waals surface area contributed by atoms with Crippen LogP contribution in [0.5, 0.6) is 0 Å². The van der Waals surface area contributed by atoms with Crippen molar-refractivity contribution in [3.05, 3.63) is 12.7 Å². The van der Waals surface area contributed by atoms with Crippen LogP contribution < -0.4 is 0 Å². The van der Waals surface area contributed by atoms with Gasteiger partial charge in [0.05, 0.1) is 0 Å². The van der Waals surface area contributed by atoms with E-state index in [1.54, 1.807) is 0 Å². The Morgan fingerprint density at radius 3 is 2.62 bits per heavy atom. The first kappa shape index (κ1) is 10.8. The van der Waals surface area contributed by atoms with E-state index in [1.165, 1.54) is 32.4 Å². The van der Waals surface area contributed by atoms with Crippen molar-refractivity contribution in [2.45, 2.75) is 46.1 Å². The van der Waals surface area contributed by atoms with E-state index in [2.05, 4.69) is 38.3 Å². The molecule has 0 N–H and O–H groups in total. The summed E-state index contributed by atoms with van der Waals surface area (Å²) in [6, 6.07) is 0.707. The first-order valence-corrected chi connectivity index (χ1v) is 5.48. The van der Waals surface area contributed by atoms with Crippen molar-refractivity contribution in [1.82, 2.24) is 4.90 Å². The molecule has 1 atom stereocenters. The zero-order chi connectivity index (χ0) is 9.90. The first-order chi connectivity index (χ1) is 6.13. The minimum absolute atomic E-state index is 0.548. The van der Waals surface area contributed by atoms with Gasteiger partial charge in [-0.15, -0.1) is 6.58 Å². The van der Waals surface area contributed by atoms with E-state index in [0.29, 0.717) is 11.5 Å². The molecule has 1 saturated heterocycles. The van der Waals surface area contributed by atoms with Crippen molar-refractivity contribution in [1.29, 1.82) is 0 Å². The normalized spacial score (nSPS) is 29.8. The molecule has 0 amide bonds. The van der Waals surface area contributed by atoms with Gasteiger partial charge in [-0.1, -0.05) is 13.0 Å². The standard InChI is InChI=1S/C12H23N/c1-5-7-12(6-2)8-9-13(10-12)11(3)4/h5,11H,1,6-10H2,2-4H3. The Balaban J connectivity index is 2.57. The van der Waals surface area contributed by atoms with Crippen molar-refractivity contribution < 1.29 is 0 Å². The molecule has 0 bridgehead atoms. The summed E-state index contributed by atoms with van der Waals surface area (Å²) in [7, 11) is 0. The smallest absolute Gasteiger partial charge is 0.00440 e. The fourth-order valence-electron chi connectivity index (χ4n) is 2.32. The molecule has 1 fully saturated rings. The van der Waals surface area contributed by atoms with Gasteiger partial charge in [-0.25, -0.2) is 0 Å². The lowest BCUT2D eigenvalue weighted by Crippen LogP contribution is -2.31. The maximum atomic E-state index is 3.87. The first-order valence-electron chi connectivity index (χ1n) is 5.48. The van der Waals surface area contributed by atoms with E-state index in [1.807, 2.05) is 0 Å². The predicted molar refractivity (Wildman–Crippen MR) is 58.9 cm³/mol. The van der Waals surface area contributed by atoms with Crippen LogP contribution in [0.4, 0.5) is 0 Å². The average Bonchev–Trinajstić information content (AvgIpc) is 2.51. The number of nitrogens with zero attached hydrogens (tertiary/aromatic N) is 1. The second kappa shape index (κ2) is 4.28. The lowest BCUT2D eigenvalue weighted by molar-refractivity contribution is 0.218. The van der Waals surface area contributed by atoms with Crippen LogP contribution in [-0.2, 0) is 0 Å². The van der Waals surface area contributed by atoms with Crippen LogP contribution in [0.1, 0.15) is 40.0 Å². The SMILES string of the molecule is C=CCC1(CC)CCN(C(C)C)C1. The minimum atomic E-state index is 0.548. The van der Waals surface area contributed by atoms with Gasteiger partial charge in [-0.05, 0) is 45.1 Å². The Bertz CT molecular complexity index is 174. The summed E-state index contributed by atoms with van der Waals surface area (Å²) in [4.78, 5) is 2.59. The Morgan fingerprint density at radius 2 is 2.23 bits per heavy atom. The largest absolute Gasteiger partial charge is 0.300 e. The summed E-state index contributed by atoms with van der Waals surface area (Å²) in [5, 5.41) is 0. The lowest BCUT2D eigenvalue weighted by Gasteiger charge is -2.28. The van der Waals surface area contributed by atoms with E-state index in [4.69, 9.17) is 0 Å².